The van der Waals surface area contributed by atoms with Gasteiger partial charge in [0, 0.05) is 23.9 Å². The van der Waals surface area contributed by atoms with Gasteiger partial charge in [0.15, 0.2) is 5.82 Å². The van der Waals surface area contributed by atoms with Crippen LogP contribution in [0.3, 0.4) is 0 Å². The highest BCUT2D eigenvalue weighted by Crippen LogP contribution is 2.26. The van der Waals surface area contributed by atoms with Gasteiger partial charge < -0.3 is 4.74 Å². The van der Waals surface area contributed by atoms with Crippen LogP contribution in [0.1, 0.15) is 61.4 Å². The van der Waals surface area contributed by atoms with Crippen LogP contribution in [-0.2, 0) is 11.2 Å². The van der Waals surface area contributed by atoms with Gasteiger partial charge in [0.1, 0.15) is 6.10 Å². The van der Waals surface area contributed by atoms with E-state index in [-0.39, 0.29) is 18.0 Å². The third-order valence-corrected chi connectivity index (χ3v) is 5.03. The number of ether oxygens (including phenoxy) is 1. The zero-order valence-electron chi connectivity index (χ0n) is 15.7. The first-order valence-electron chi connectivity index (χ1n) is 9.71. The summed E-state index contributed by atoms with van der Waals surface area (Å²) in [6, 6.07) is 9.51. The Morgan fingerprint density at radius 1 is 1.15 bits per heavy atom. The highest BCUT2D eigenvalue weighted by Gasteiger charge is 2.24. The van der Waals surface area contributed by atoms with Crippen molar-refractivity contribution < 1.29 is 9.53 Å². The first kappa shape index (κ1) is 19.0. The first-order chi connectivity index (χ1) is 13.2. The Morgan fingerprint density at radius 3 is 2.41 bits per heavy atom. The van der Waals surface area contributed by atoms with E-state index in [1.54, 1.807) is 12.1 Å². The maximum atomic E-state index is 12.3. The number of aryl methyl sites for hydroxylation is 1. The molecule has 0 unspecified atom stereocenters. The summed E-state index contributed by atoms with van der Waals surface area (Å²) in [6.45, 7) is 2.17. The molecule has 27 heavy (non-hydrogen) atoms. The molecule has 1 aromatic carbocycles. The Labute approximate surface area is 160 Å². The van der Waals surface area contributed by atoms with Gasteiger partial charge in [-0.25, -0.2) is 14.8 Å². The molecule has 0 N–H and O–H groups in total. The Balaban J connectivity index is 1.58. The zero-order chi connectivity index (χ0) is 19.1. The van der Waals surface area contributed by atoms with Crippen molar-refractivity contribution in [3.05, 3.63) is 47.8 Å². The molecule has 1 aromatic heterocycles. The minimum atomic E-state index is -0.308. The Bertz CT molecular complexity index is 786. The molecule has 1 heterocycles. The number of unbranched alkanes of at least 4 members (excludes halogenated alkanes) is 1. The van der Waals surface area contributed by atoms with Crippen molar-refractivity contribution in [2.24, 2.45) is 5.92 Å². The zero-order valence-corrected chi connectivity index (χ0v) is 15.7. The minimum absolute atomic E-state index is 0.0826. The number of esters is 1. The highest BCUT2D eigenvalue weighted by atomic mass is 16.5. The number of carbonyl (C=O) groups excluding carboxylic acids is 1. The molecule has 0 bridgehead atoms. The van der Waals surface area contributed by atoms with E-state index in [1.807, 2.05) is 24.5 Å². The van der Waals surface area contributed by atoms with E-state index in [0.717, 1.165) is 56.1 Å². The second kappa shape index (κ2) is 9.27. The van der Waals surface area contributed by atoms with Crippen molar-refractivity contribution in [1.82, 2.24) is 9.97 Å². The SMILES string of the molecule is CCCCc1cnc(-c2ccc(C(=O)O[C@H]3CC[C@H](C#N)CC3)cc2)nc1. The third kappa shape index (κ3) is 5.13. The molecule has 3 rings (SSSR count). The first-order valence-corrected chi connectivity index (χ1v) is 9.71. The molecule has 2 aromatic rings. The number of benzene rings is 1. The lowest BCUT2D eigenvalue weighted by Gasteiger charge is -2.24. The summed E-state index contributed by atoms with van der Waals surface area (Å²) in [7, 11) is 0. The number of hydrogen-bond donors (Lipinski definition) is 0. The van der Waals surface area contributed by atoms with Crippen molar-refractivity contribution in [2.75, 3.05) is 0 Å². The monoisotopic (exact) mass is 363 g/mol. The predicted octanol–water partition coefficient (Wildman–Crippen LogP) is 4.73. The molecule has 1 aliphatic carbocycles. The van der Waals surface area contributed by atoms with Crippen LogP contribution in [0.2, 0.25) is 0 Å². The van der Waals surface area contributed by atoms with E-state index in [4.69, 9.17) is 10.00 Å². The molecule has 0 amide bonds. The van der Waals surface area contributed by atoms with Crippen LogP contribution in [0, 0.1) is 17.2 Å². The van der Waals surface area contributed by atoms with E-state index < -0.39 is 0 Å². The normalized spacial score (nSPS) is 19.3. The molecule has 140 valence electrons. The summed E-state index contributed by atoms with van der Waals surface area (Å²) in [4.78, 5) is 21.2. The second-order valence-corrected chi connectivity index (χ2v) is 7.10. The molecule has 0 atom stereocenters. The Hall–Kier alpha value is -2.74. The standard InChI is InChI=1S/C22H25N3O2/c1-2-3-4-17-14-24-21(25-15-17)18-7-9-19(10-8-18)22(26)27-20-11-5-16(13-23)6-12-20/h7-10,14-16,20H,2-6,11-12H2,1H3/t16-,20-. The Morgan fingerprint density at radius 2 is 1.81 bits per heavy atom. The minimum Gasteiger partial charge on any atom is -0.459 e. The molecule has 0 radical (unpaired) electrons. The lowest BCUT2D eigenvalue weighted by Crippen LogP contribution is -2.24. The molecule has 0 spiro atoms. The predicted molar refractivity (Wildman–Crippen MR) is 103 cm³/mol. The van der Waals surface area contributed by atoms with Crippen LogP contribution in [0.25, 0.3) is 11.4 Å². The van der Waals surface area contributed by atoms with Gasteiger partial charge >= 0.3 is 5.97 Å². The van der Waals surface area contributed by atoms with Gasteiger partial charge in [0.05, 0.1) is 11.6 Å². The molecule has 5 nitrogen and oxygen atoms in total. The van der Waals surface area contributed by atoms with Gasteiger partial charge in [0.2, 0.25) is 0 Å². The number of carbonyl (C=O) groups is 1. The quantitative estimate of drug-likeness (QED) is 0.694. The number of hydrogen-bond acceptors (Lipinski definition) is 5. The fourth-order valence-corrected chi connectivity index (χ4v) is 3.30. The van der Waals surface area contributed by atoms with Gasteiger partial charge in [0.25, 0.3) is 0 Å². The van der Waals surface area contributed by atoms with Crippen LogP contribution in [-0.4, -0.2) is 22.0 Å². The fraction of sp³-hybridized carbons (Fsp3) is 0.455. The van der Waals surface area contributed by atoms with Crippen LogP contribution >= 0.6 is 0 Å². The summed E-state index contributed by atoms with van der Waals surface area (Å²) >= 11 is 0. The smallest absolute Gasteiger partial charge is 0.338 e. The number of rotatable bonds is 6. The van der Waals surface area contributed by atoms with Gasteiger partial charge in [-0.05, 0) is 56.2 Å². The lowest BCUT2D eigenvalue weighted by atomic mass is 9.88. The molecule has 1 saturated carbocycles. The lowest BCUT2D eigenvalue weighted by molar-refractivity contribution is 0.0187. The number of nitriles is 1. The van der Waals surface area contributed by atoms with E-state index in [9.17, 15) is 4.79 Å². The molecule has 1 fully saturated rings. The third-order valence-electron chi connectivity index (χ3n) is 5.03. The van der Waals surface area contributed by atoms with E-state index >= 15 is 0 Å². The molecular formula is C22H25N3O2. The van der Waals surface area contributed by atoms with Crippen LogP contribution in [0.5, 0.6) is 0 Å². The Kier molecular flexibility index (Phi) is 6.54. The van der Waals surface area contributed by atoms with Gasteiger partial charge in [-0.1, -0.05) is 25.5 Å². The average molecular weight is 363 g/mol. The van der Waals surface area contributed by atoms with Gasteiger partial charge in [-0.2, -0.15) is 5.26 Å². The van der Waals surface area contributed by atoms with E-state index in [2.05, 4.69) is 23.0 Å². The largest absolute Gasteiger partial charge is 0.459 e. The van der Waals surface area contributed by atoms with Gasteiger partial charge in [-0.3, -0.25) is 0 Å². The number of nitrogens with zero attached hydrogens (tertiary/aromatic N) is 3. The maximum absolute atomic E-state index is 12.3. The molecule has 0 aliphatic heterocycles. The van der Waals surface area contributed by atoms with E-state index in [0.29, 0.717) is 11.4 Å². The van der Waals surface area contributed by atoms with Gasteiger partial charge in [-0.15, -0.1) is 0 Å². The highest BCUT2D eigenvalue weighted by molar-refractivity contribution is 5.90. The molecule has 1 aliphatic rings. The van der Waals surface area contributed by atoms with E-state index in [1.165, 1.54) is 0 Å². The summed E-state index contributed by atoms with van der Waals surface area (Å²) in [5.74, 6) is 0.454. The summed E-state index contributed by atoms with van der Waals surface area (Å²) in [6.07, 6.45) is 10.1. The molecule has 5 heteroatoms. The second-order valence-electron chi connectivity index (χ2n) is 7.10. The summed E-state index contributed by atoms with van der Waals surface area (Å²) in [5.41, 5.74) is 2.55. The summed E-state index contributed by atoms with van der Waals surface area (Å²) in [5, 5.41) is 8.94. The van der Waals surface area contributed by atoms with Crippen molar-refractivity contribution in [3.63, 3.8) is 0 Å². The average Bonchev–Trinajstić information content (AvgIpc) is 2.73. The topological polar surface area (TPSA) is 75.9 Å². The fourth-order valence-electron chi connectivity index (χ4n) is 3.30. The van der Waals surface area contributed by atoms with Crippen LogP contribution < -0.4 is 0 Å². The molecule has 0 saturated heterocycles. The van der Waals surface area contributed by atoms with Crippen molar-refractivity contribution >= 4 is 5.97 Å². The van der Waals surface area contributed by atoms with Crippen LogP contribution in [0.15, 0.2) is 36.7 Å². The van der Waals surface area contributed by atoms with Crippen molar-refractivity contribution in [2.45, 2.75) is 58.0 Å². The summed E-state index contributed by atoms with van der Waals surface area (Å²) < 4.78 is 5.59. The van der Waals surface area contributed by atoms with Crippen molar-refractivity contribution in [3.8, 4) is 17.5 Å². The molecular weight excluding hydrogens is 338 g/mol. The van der Waals surface area contributed by atoms with Crippen molar-refractivity contribution in [1.29, 1.82) is 5.26 Å². The number of aromatic nitrogens is 2. The maximum Gasteiger partial charge on any atom is 0.338 e. The van der Waals surface area contributed by atoms with Crippen LogP contribution in [0.4, 0.5) is 0 Å².